The number of rotatable bonds is 3. The van der Waals surface area contributed by atoms with Crippen molar-refractivity contribution in [2.45, 2.75) is 27.3 Å². The first-order valence-electron chi connectivity index (χ1n) is 7.85. The lowest BCUT2D eigenvalue weighted by Crippen LogP contribution is -2.34. The molecule has 0 radical (unpaired) electrons. The second kappa shape index (κ2) is 6.15. The number of hydrogen-bond acceptors (Lipinski definition) is 0. The first-order chi connectivity index (χ1) is 10.7. The van der Waals surface area contributed by atoms with Gasteiger partial charge in [0.05, 0.1) is 0 Å². The summed E-state index contributed by atoms with van der Waals surface area (Å²) in [5.74, 6) is 0. The van der Waals surface area contributed by atoms with Crippen molar-refractivity contribution in [3.05, 3.63) is 78.0 Å². The van der Waals surface area contributed by atoms with Gasteiger partial charge in [0.2, 0.25) is 5.69 Å². The van der Waals surface area contributed by atoms with Crippen molar-refractivity contribution in [3.8, 4) is 22.4 Å². The van der Waals surface area contributed by atoms with E-state index in [0.717, 1.165) is 6.54 Å². The van der Waals surface area contributed by atoms with Crippen molar-refractivity contribution in [1.29, 1.82) is 0 Å². The fourth-order valence-corrected chi connectivity index (χ4v) is 2.90. The molecule has 0 fully saturated rings. The average molecular weight is 288 g/mol. The Labute approximate surface area is 132 Å². The molecule has 0 aliphatic rings. The van der Waals surface area contributed by atoms with E-state index in [-0.39, 0.29) is 0 Å². The maximum absolute atomic E-state index is 2.30. The van der Waals surface area contributed by atoms with E-state index in [1.165, 1.54) is 33.5 Å². The van der Waals surface area contributed by atoms with Crippen LogP contribution in [0.4, 0.5) is 0 Å². The lowest BCUT2D eigenvalue weighted by atomic mass is 9.97. The SMILES string of the molecule is CC[n+]1ccc(C)cc1-c1ccc(-c2ccccc2)cc1C. The highest BCUT2D eigenvalue weighted by molar-refractivity contribution is 5.71. The van der Waals surface area contributed by atoms with Gasteiger partial charge in [0, 0.05) is 17.7 Å². The third kappa shape index (κ3) is 2.80. The number of benzene rings is 2. The van der Waals surface area contributed by atoms with Crippen LogP contribution in [0.3, 0.4) is 0 Å². The minimum absolute atomic E-state index is 0.982. The zero-order chi connectivity index (χ0) is 15.5. The van der Waals surface area contributed by atoms with Crippen LogP contribution in [0.25, 0.3) is 22.4 Å². The summed E-state index contributed by atoms with van der Waals surface area (Å²) in [6.07, 6.45) is 2.18. The second-order valence-corrected chi connectivity index (χ2v) is 5.77. The van der Waals surface area contributed by atoms with Crippen molar-refractivity contribution in [3.63, 3.8) is 0 Å². The highest BCUT2D eigenvalue weighted by atomic mass is 14.9. The topological polar surface area (TPSA) is 3.88 Å². The van der Waals surface area contributed by atoms with Crippen molar-refractivity contribution in [2.24, 2.45) is 0 Å². The number of nitrogens with zero attached hydrogens (tertiary/aromatic N) is 1. The summed E-state index contributed by atoms with van der Waals surface area (Å²) in [5.41, 5.74) is 7.76. The molecule has 0 unspecified atom stereocenters. The van der Waals surface area contributed by atoms with Gasteiger partial charge in [-0.05, 0) is 49.1 Å². The molecule has 0 aliphatic carbocycles. The smallest absolute Gasteiger partial charge is 0.199 e. The van der Waals surface area contributed by atoms with E-state index < -0.39 is 0 Å². The van der Waals surface area contributed by atoms with E-state index in [2.05, 4.69) is 92.2 Å². The summed E-state index contributed by atoms with van der Waals surface area (Å²) < 4.78 is 2.30. The molecule has 0 saturated carbocycles. The largest absolute Gasteiger partial charge is 0.212 e. The van der Waals surface area contributed by atoms with Gasteiger partial charge in [0.15, 0.2) is 6.20 Å². The van der Waals surface area contributed by atoms with Gasteiger partial charge < -0.3 is 0 Å². The van der Waals surface area contributed by atoms with Gasteiger partial charge >= 0.3 is 0 Å². The van der Waals surface area contributed by atoms with Gasteiger partial charge in [0.25, 0.3) is 0 Å². The molecular formula is C21H22N+. The molecule has 2 aromatic carbocycles. The van der Waals surface area contributed by atoms with Crippen molar-refractivity contribution < 1.29 is 4.57 Å². The molecule has 110 valence electrons. The predicted octanol–water partition coefficient (Wildman–Crippen LogP) is 4.94. The van der Waals surface area contributed by atoms with Crippen LogP contribution in [0, 0.1) is 13.8 Å². The Hall–Kier alpha value is -2.41. The standard InChI is InChI=1S/C21H22N/c1-4-22-13-12-16(2)14-21(22)20-11-10-19(15-17(20)3)18-8-6-5-7-9-18/h5-15H,4H2,1-3H3/q+1. The molecule has 0 bridgehead atoms. The number of aromatic nitrogens is 1. The van der Waals surface area contributed by atoms with E-state index in [4.69, 9.17) is 0 Å². The van der Waals surface area contributed by atoms with Gasteiger partial charge in [-0.1, -0.05) is 42.5 Å². The lowest BCUT2D eigenvalue weighted by Gasteiger charge is -2.09. The molecule has 22 heavy (non-hydrogen) atoms. The van der Waals surface area contributed by atoms with Crippen molar-refractivity contribution in [1.82, 2.24) is 0 Å². The predicted molar refractivity (Wildman–Crippen MR) is 92.7 cm³/mol. The van der Waals surface area contributed by atoms with Gasteiger partial charge in [-0.3, -0.25) is 0 Å². The Morgan fingerprint density at radius 2 is 1.59 bits per heavy atom. The molecule has 0 aliphatic heterocycles. The van der Waals surface area contributed by atoms with Crippen LogP contribution >= 0.6 is 0 Å². The molecular weight excluding hydrogens is 266 g/mol. The zero-order valence-electron chi connectivity index (χ0n) is 13.5. The Balaban J connectivity index is 2.09. The quantitative estimate of drug-likeness (QED) is 0.601. The minimum atomic E-state index is 0.982. The molecule has 1 heterocycles. The van der Waals surface area contributed by atoms with E-state index in [9.17, 15) is 0 Å². The summed E-state index contributed by atoms with van der Waals surface area (Å²) in [4.78, 5) is 0. The van der Waals surface area contributed by atoms with Crippen LogP contribution < -0.4 is 4.57 Å². The van der Waals surface area contributed by atoms with E-state index in [1.54, 1.807) is 0 Å². The fraction of sp³-hybridized carbons (Fsp3) is 0.190. The molecule has 0 saturated heterocycles. The Bertz CT molecular complexity index is 788. The zero-order valence-corrected chi connectivity index (χ0v) is 13.5. The summed E-state index contributed by atoms with van der Waals surface area (Å²) in [6.45, 7) is 7.52. The van der Waals surface area contributed by atoms with E-state index in [1.807, 2.05) is 0 Å². The number of hydrogen-bond donors (Lipinski definition) is 0. The van der Waals surface area contributed by atoms with Crippen LogP contribution in [0.5, 0.6) is 0 Å². The van der Waals surface area contributed by atoms with Crippen LogP contribution in [0.1, 0.15) is 18.1 Å². The molecule has 1 nitrogen and oxygen atoms in total. The average Bonchev–Trinajstić information content (AvgIpc) is 2.55. The molecule has 0 atom stereocenters. The van der Waals surface area contributed by atoms with Gasteiger partial charge in [-0.25, -0.2) is 0 Å². The number of aryl methyl sites for hydroxylation is 3. The van der Waals surface area contributed by atoms with Crippen LogP contribution in [0.2, 0.25) is 0 Å². The molecule has 3 aromatic rings. The van der Waals surface area contributed by atoms with Crippen LogP contribution in [-0.4, -0.2) is 0 Å². The molecule has 0 N–H and O–H groups in total. The van der Waals surface area contributed by atoms with Gasteiger partial charge in [0.1, 0.15) is 6.54 Å². The highest BCUT2D eigenvalue weighted by Gasteiger charge is 2.14. The van der Waals surface area contributed by atoms with Crippen LogP contribution in [0.15, 0.2) is 66.9 Å². The fourth-order valence-electron chi connectivity index (χ4n) is 2.90. The van der Waals surface area contributed by atoms with Crippen molar-refractivity contribution >= 4 is 0 Å². The summed E-state index contributed by atoms with van der Waals surface area (Å²) in [7, 11) is 0. The second-order valence-electron chi connectivity index (χ2n) is 5.77. The molecule has 1 aromatic heterocycles. The Kier molecular flexibility index (Phi) is 4.06. The van der Waals surface area contributed by atoms with Crippen molar-refractivity contribution in [2.75, 3.05) is 0 Å². The Morgan fingerprint density at radius 3 is 2.27 bits per heavy atom. The normalized spacial score (nSPS) is 10.7. The third-order valence-corrected chi connectivity index (χ3v) is 4.14. The summed E-state index contributed by atoms with van der Waals surface area (Å²) in [6, 6.07) is 21.7. The number of pyridine rings is 1. The molecule has 3 rings (SSSR count). The first kappa shape index (κ1) is 14.5. The minimum Gasteiger partial charge on any atom is -0.199 e. The third-order valence-electron chi connectivity index (χ3n) is 4.14. The molecule has 1 heteroatoms. The van der Waals surface area contributed by atoms with Gasteiger partial charge in [-0.2, -0.15) is 4.57 Å². The monoisotopic (exact) mass is 288 g/mol. The summed E-state index contributed by atoms with van der Waals surface area (Å²) in [5, 5.41) is 0. The molecule has 0 amide bonds. The Morgan fingerprint density at radius 1 is 0.818 bits per heavy atom. The highest BCUT2D eigenvalue weighted by Crippen LogP contribution is 2.27. The summed E-state index contributed by atoms with van der Waals surface area (Å²) >= 11 is 0. The van der Waals surface area contributed by atoms with Gasteiger partial charge in [-0.15, -0.1) is 0 Å². The first-order valence-corrected chi connectivity index (χ1v) is 7.85. The van der Waals surface area contributed by atoms with E-state index in [0.29, 0.717) is 0 Å². The maximum atomic E-state index is 2.30. The maximum Gasteiger partial charge on any atom is 0.212 e. The molecule has 0 spiro atoms. The van der Waals surface area contributed by atoms with Crippen LogP contribution in [-0.2, 0) is 6.54 Å². The van der Waals surface area contributed by atoms with E-state index >= 15 is 0 Å². The lowest BCUT2D eigenvalue weighted by molar-refractivity contribution is -0.682.